The number of rotatable bonds is 6. The minimum Gasteiger partial charge on any atom is -0.481 e. The lowest BCUT2D eigenvalue weighted by molar-refractivity contribution is -0.137. The van der Waals surface area contributed by atoms with Gasteiger partial charge >= 0.3 is 5.97 Å². The molecule has 0 aromatic carbocycles. The van der Waals surface area contributed by atoms with Gasteiger partial charge in [-0.3, -0.25) is 9.69 Å². The molecule has 1 heterocycles. The Morgan fingerprint density at radius 3 is 2.69 bits per heavy atom. The number of hydrogen-bond donors (Lipinski definition) is 1. The number of aliphatic carboxylic acids is 1. The predicted molar refractivity (Wildman–Crippen MR) is 59.2 cm³/mol. The molecule has 5 heteroatoms. The zero-order valence-corrected chi connectivity index (χ0v) is 9.99. The standard InChI is InChI=1S/C11H18N2O3/c1-8-9(2)16-10(12-8)7-13(3)6-4-5-11(14)15/h4-7H2,1-3H3,(H,14,15). The lowest BCUT2D eigenvalue weighted by atomic mass is 10.3. The van der Waals surface area contributed by atoms with Crippen molar-refractivity contribution >= 4 is 5.97 Å². The number of aromatic nitrogens is 1. The van der Waals surface area contributed by atoms with E-state index >= 15 is 0 Å². The van der Waals surface area contributed by atoms with Crippen LogP contribution in [-0.2, 0) is 11.3 Å². The third-order valence-electron chi connectivity index (χ3n) is 2.41. The Balaban J connectivity index is 2.33. The van der Waals surface area contributed by atoms with Crippen molar-refractivity contribution in [2.45, 2.75) is 33.2 Å². The van der Waals surface area contributed by atoms with Crippen molar-refractivity contribution in [2.24, 2.45) is 0 Å². The lowest BCUT2D eigenvalue weighted by Gasteiger charge is -2.13. The molecule has 0 amide bonds. The Labute approximate surface area is 95.1 Å². The molecule has 16 heavy (non-hydrogen) atoms. The van der Waals surface area contributed by atoms with Crippen molar-refractivity contribution in [3.63, 3.8) is 0 Å². The Hall–Kier alpha value is -1.36. The van der Waals surface area contributed by atoms with Gasteiger partial charge in [0.2, 0.25) is 5.89 Å². The normalized spacial score (nSPS) is 11.0. The van der Waals surface area contributed by atoms with Crippen LogP contribution in [0.2, 0.25) is 0 Å². The maximum atomic E-state index is 10.3. The van der Waals surface area contributed by atoms with Gasteiger partial charge in [0.1, 0.15) is 5.76 Å². The first-order valence-corrected chi connectivity index (χ1v) is 5.32. The molecule has 0 fully saturated rings. The molecular weight excluding hydrogens is 208 g/mol. The van der Waals surface area contributed by atoms with E-state index in [1.165, 1.54) is 0 Å². The van der Waals surface area contributed by atoms with Crippen molar-refractivity contribution in [3.05, 3.63) is 17.3 Å². The maximum Gasteiger partial charge on any atom is 0.303 e. The number of carboxylic acid groups (broad SMARTS) is 1. The van der Waals surface area contributed by atoms with Crippen LogP contribution in [0.4, 0.5) is 0 Å². The predicted octanol–water partition coefficient (Wildman–Crippen LogP) is 1.59. The summed E-state index contributed by atoms with van der Waals surface area (Å²) in [5, 5.41) is 8.51. The molecule has 1 N–H and O–H groups in total. The third kappa shape index (κ3) is 4.02. The number of aryl methyl sites for hydroxylation is 2. The summed E-state index contributed by atoms with van der Waals surface area (Å²) in [4.78, 5) is 16.6. The van der Waals surface area contributed by atoms with Gasteiger partial charge in [-0.25, -0.2) is 4.98 Å². The average molecular weight is 226 g/mol. The van der Waals surface area contributed by atoms with Gasteiger partial charge in [-0.15, -0.1) is 0 Å². The van der Waals surface area contributed by atoms with E-state index in [9.17, 15) is 4.79 Å². The van der Waals surface area contributed by atoms with Crippen LogP contribution < -0.4 is 0 Å². The SMILES string of the molecule is Cc1nc(CN(C)CCCC(=O)O)oc1C. The molecule has 0 aliphatic carbocycles. The van der Waals surface area contributed by atoms with Gasteiger partial charge in [0.25, 0.3) is 0 Å². The highest BCUT2D eigenvalue weighted by atomic mass is 16.4. The zero-order chi connectivity index (χ0) is 12.1. The molecule has 0 saturated carbocycles. The van der Waals surface area contributed by atoms with E-state index in [1.54, 1.807) is 0 Å². The molecule has 0 aliphatic heterocycles. The van der Waals surface area contributed by atoms with Crippen molar-refractivity contribution in [1.29, 1.82) is 0 Å². The average Bonchev–Trinajstić information content (AvgIpc) is 2.44. The summed E-state index contributed by atoms with van der Waals surface area (Å²) in [6.07, 6.45) is 0.846. The lowest BCUT2D eigenvalue weighted by Crippen LogP contribution is -2.20. The molecule has 0 radical (unpaired) electrons. The van der Waals surface area contributed by atoms with E-state index < -0.39 is 5.97 Å². The van der Waals surface area contributed by atoms with Crippen molar-refractivity contribution in [1.82, 2.24) is 9.88 Å². The summed E-state index contributed by atoms with van der Waals surface area (Å²) in [6, 6.07) is 0. The largest absolute Gasteiger partial charge is 0.481 e. The minimum atomic E-state index is -0.754. The van der Waals surface area contributed by atoms with Gasteiger partial charge in [-0.05, 0) is 33.9 Å². The van der Waals surface area contributed by atoms with E-state index in [-0.39, 0.29) is 6.42 Å². The van der Waals surface area contributed by atoms with Crippen LogP contribution in [0.1, 0.15) is 30.2 Å². The third-order valence-corrected chi connectivity index (χ3v) is 2.41. The maximum absolute atomic E-state index is 10.3. The van der Waals surface area contributed by atoms with E-state index in [0.717, 1.165) is 18.0 Å². The Bertz CT molecular complexity index is 341. The topological polar surface area (TPSA) is 66.6 Å². The molecule has 0 unspecified atom stereocenters. The number of carboxylic acids is 1. The van der Waals surface area contributed by atoms with Crippen LogP contribution in [0, 0.1) is 13.8 Å². The van der Waals surface area contributed by atoms with Crippen molar-refractivity contribution in [2.75, 3.05) is 13.6 Å². The fourth-order valence-electron chi connectivity index (χ4n) is 1.42. The van der Waals surface area contributed by atoms with E-state index in [2.05, 4.69) is 4.98 Å². The molecule has 90 valence electrons. The fraction of sp³-hybridized carbons (Fsp3) is 0.636. The second kappa shape index (κ2) is 5.65. The van der Waals surface area contributed by atoms with Gasteiger partial charge in [0.15, 0.2) is 0 Å². The minimum absolute atomic E-state index is 0.202. The van der Waals surface area contributed by atoms with Gasteiger partial charge < -0.3 is 9.52 Å². The first-order chi connectivity index (χ1) is 7.49. The summed E-state index contributed by atoms with van der Waals surface area (Å²) in [6.45, 7) is 5.14. The Morgan fingerprint density at radius 2 is 2.19 bits per heavy atom. The second-order valence-electron chi connectivity index (χ2n) is 3.98. The molecule has 1 aromatic heterocycles. The zero-order valence-electron chi connectivity index (χ0n) is 9.99. The summed E-state index contributed by atoms with van der Waals surface area (Å²) < 4.78 is 5.44. The van der Waals surface area contributed by atoms with E-state index in [0.29, 0.717) is 18.9 Å². The number of carbonyl (C=O) groups is 1. The molecule has 5 nitrogen and oxygen atoms in total. The molecule has 0 atom stereocenters. The van der Waals surface area contributed by atoms with Crippen LogP contribution in [0.25, 0.3) is 0 Å². The van der Waals surface area contributed by atoms with Crippen molar-refractivity contribution in [3.8, 4) is 0 Å². The molecule has 0 saturated heterocycles. The second-order valence-corrected chi connectivity index (χ2v) is 3.98. The van der Waals surface area contributed by atoms with Gasteiger partial charge in [-0.2, -0.15) is 0 Å². The molecular formula is C11H18N2O3. The van der Waals surface area contributed by atoms with Gasteiger partial charge in [0, 0.05) is 6.42 Å². The number of hydrogen-bond acceptors (Lipinski definition) is 4. The first-order valence-electron chi connectivity index (χ1n) is 5.32. The molecule has 0 aliphatic rings. The Morgan fingerprint density at radius 1 is 1.50 bits per heavy atom. The molecule has 1 rings (SSSR count). The number of oxazole rings is 1. The summed E-state index contributed by atoms with van der Waals surface area (Å²) in [5.41, 5.74) is 0.911. The van der Waals surface area contributed by atoms with Crippen LogP contribution in [0.15, 0.2) is 4.42 Å². The highest BCUT2D eigenvalue weighted by Gasteiger charge is 2.08. The monoisotopic (exact) mass is 226 g/mol. The van der Waals surface area contributed by atoms with Crippen LogP contribution in [0.3, 0.4) is 0 Å². The molecule has 0 spiro atoms. The molecule has 1 aromatic rings. The summed E-state index contributed by atoms with van der Waals surface area (Å²) in [5.74, 6) is 0.776. The first kappa shape index (κ1) is 12.7. The highest BCUT2D eigenvalue weighted by molar-refractivity contribution is 5.66. The number of nitrogens with zero attached hydrogens (tertiary/aromatic N) is 2. The van der Waals surface area contributed by atoms with Crippen LogP contribution in [0.5, 0.6) is 0 Å². The van der Waals surface area contributed by atoms with E-state index in [1.807, 2.05) is 25.8 Å². The summed E-state index contributed by atoms with van der Waals surface area (Å²) in [7, 11) is 1.93. The van der Waals surface area contributed by atoms with E-state index in [4.69, 9.17) is 9.52 Å². The van der Waals surface area contributed by atoms with Crippen molar-refractivity contribution < 1.29 is 14.3 Å². The van der Waals surface area contributed by atoms with Crippen LogP contribution >= 0.6 is 0 Å². The van der Waals surface area contributed by atoms with Gasteiger partial charge in [-0.1, -0.05) is 0 Å². The van der Waals surface area contributed by atoms with Crippen LogP contribution in [-0.4, -0.2) is 34.6 Å². The molecule has 0 bridgehead atoms. The van der Waals surface area contributed by atoms with Gasteiger partial charge in [0.05, 0.1) is 12.2 Å². The quantitative estimate of drug-likeness (QED) is 0.797. The Kier molecular flexibility index (Phi) is 4.49. The summed E-state index contributed by atoms with van der Waals surface area (Å²) >= 11 is 0. The fourth-order valence-corrected chi connectivity index (χ4v) is 1.42. The highest BCUT2D eigenvalue weighted by Crippen LogP contribution is 2.10. The smallest absolute Gasteiger partial charge is 0.303 e.